The van der Waals surface area contributed by atoms with Gasteiger partial charge in [0, 0.05) is 6.54 Å². The van der Waals surface area contributed by atoms with E-state index >= 15 is 0 Å². The fourth-order valence-corrected chi connectivity index (χ4v) is 3.13. The van der Waals surface area contributed by atoms with E-state index in [0.717, 1.165) is 25.3 Å². The largest absolute Gasteiger partial charge is 0.493 e. The number of hydrogen-bond donors (Lipinski definition) is 1. The molecule has 0 radical (unpaired) electrons. The van der Waals surface area contributed by atoms with Crippen molar-refractivity contribution >= 4 is 0 Å². The van der Waals surface area contributed by atoms with Gasteiger partial charge in [0.2, 0.25) is 0 Å². The van der Waals surface area contributed by atoms with Gasteiger partial charge in [-0.3, -0.25) is 4.68 Å². The van der Waals surface area contributed by atoms with Crippen LogP contribution in [0.25, 0.3) is 0 Å². The van der Waals surface area contributed by atoms with Gasteiger partial charge >= 0.3 is 0 Å². The third-order valence-electron chi connectivity index (χ3n) is 4.17. The fourth-order valence-electron chi connectivity index (χ4n) is 3.13. The van der Waals surface area contributed by atoms with Gasteiger partial charge in [-0.05, 0) is 31.7 Å². The molecule has 1 aromatic rings. The lowest BCUT2D eigenvalue weighted by Crippen LogP contribution is -2.49. The lowest BCUT2D eigenvalue weighted by atomic mass is 9.70. The molecule has 1 aromatic heterocycles. The van der Waals surface area contributed by atoms with E-state index in [9.17, 15) is 0 Å². The Kier molecular flexibility index (Phi) is 3.41. The van der Waals surface area contributed by atoms with E-state index in [-0.39, 0.29) is 11.0 Å². The SMILES string of the molecule is CCn1ncc(OC)c1C1(C(C)(C)C)CCCN1. The van der Waals surface area contributed by atoms with Crippen LogP contribution in [-0.2, 0) is 12.1 Å². The third kappa shape index (κ3) is 1.83. The summed E-state index contributed by atoms with van der Waals surface area (Å²) < 4.78 is 7.61. The first-order chi connectivity index (χ1) is 8.46. The van der Waals surface area contributed by atoms with Crippen molar-refractivity contribution in [1.29, 1.82) is 0 Å². The van der Waals surface area contributed by atoms with Crippen molar-refractivity contribution < 1.29 is 4.74 Å². The molecule has 1 aliphatic heterocycles. The molecule has 18 heavy (non-hydrogen) atoms. The number of aromatic nitrogens is 2. The Morgan fingerprint density at radius 2 is 2.22 bits per heavy atom. The fraction of sp³-hybridized carbons (Fsp3) is 0.786. The van der Waals surface area contributed by atoms with Crippen LogP contribution in [-0.4, -0.2) is 23.4 Å². The number of rotatable bonds is 3. The van der Waals surface area contributed by atoms with Crippen LogP contribution in [0.1, 0.15) is 46.2 Å². The zero-order valence-electron chi connectivity index (χ0n) is 12.2. The minimum atomic E-state index is -0.0369. The molecule has 4 nitrogen and oxygen atoms in total. The number of aryl methyl sites for hydroxylation is 1. The first-order valence-corrected chi connectivity index (χ1v) is 6.81. The van der Waals surface area contributed by atoms with Crippen molar-refractivity contribution in [1.82, 2.24) is 15.1 Å². The molecule has 1 fully saturated rings. The lowest BCUT2D eigenvalue weighted by molar-refractivity contribution is 0.144. The second-order valence-electron chi connectivity index (χ2n) is 6.06. The summed E-state index contributed by atoms with van der Waals surface area (Å²) in [5.41, 5.74) is 1.30. The minimum absolute atomic E-state index is 0.0369. The molecule has 1 N–H and O–H groups in total. The van der Waals surface area contributed by atoms with Crippen LogP contribution in [0.4, 0.5) is 0 Å². The van der Waals surface area contributed by atoms with E-state index in [1.807, 2.05) is 6.20 Å². The van der Waals surface area contributed by atoms with Gasteiger partial charge in [-0.15, -0.1) is 0 Å². The van der Waals surface area contributed by atoms with Gasteiger partial charge in [-0.2, -0.15) is 5.10 Å². The molecular formula is C14H25N3O. The Labute approximate surface area is 110 Å². The van der Waals surface area contributed by atoms with Gasteiger partial charge in [0.05, 0.1) is 18.8 Å². The van der Waals surface area contributed by atoms with E-state index in [1.54, 1.807) is 7.11 Å². The number of nitrogens with one attached hydrogen (secondary N) is 1. The van der Waals surface area contributed by atoms with E-state index in [2.05, 4.69) is 42.8 Å². The average molecular weight is 251 g/mol. The van der Waals surface area contributed by atoms with Gasteiger partial charge < -0.3 is 10.1 Å². The Bertz CT molecular complexity index is 390. The van der Waals surface area contributed by atoms with Crippen molar-refractivity contribution in [2.24, 2.45) is 5.41 Å². The third-order valence-corrected chi connectivity index (χ3v) is 4.17. The zero-order chi connectivity index (χ0) is 13.4. The summed E-state index contributed by atoms with van der Waals surface area (Å²) in [6.45, 7) is 10.9. The Morgan fingerprint density at radius 1 is 1.50 bits per heavy atom. The van der Waals surface area contributed by atoms with Crippen LogP contribution in [0.2, 0.25) is 0 Å². The Morgan fingerprint density at radius 3 is 2.67 bits per heavy atom. The highest BCUT2D eigenvalue weighted by Gasteiger charge is 2.49. The van der Waals surface area contributed by atoms with E-state index in [4.69, 9.17) is 4.74 Å². The number of ether oxygens (including phenoxy) is 1. The summed E-state index contributed by atoms with van der Waals surface area (Å²) in [5.74, 6) is 0.904. The van der Waals surface area contributed by atoms with E-state index in [0.29, 0.717) is 0 Å². The minimum Gasteiger partial charge on any atom is -0.493 e. The monoisotopic (exact) mass is 251 g/mol. The van der Waals surface area contributed by atoms with Gasteiger partial charge in [-0.1, -0.05) is 20.8 Å². The highest BCUT2D eigenvalue weighted by Crippen LogP contribution is 2.48. The second kappa shape index (κ2) is 4.57. The molecular weight excluding hydrogens is 226 g/mol. The molecule has 1 unspecified atom stereocenters. The summed E-state index contributed by atoms with van der Waals surface area (Å²) >= 11 is 0. The molecule has 4 heteroatoms. The summed E-state index contributed by atoms with van der Waals surface area (Å²) in [6.07, 6.45) is 4.18. The molecule has 0 spiro atoms. The van der Waals surface area contributed by atoms with Crippen molar-refractivity contribution in [3.05, 3.63) is 11.9 Å². The van der Waals surface area contributed by atoms with Gasteiger partial charge in [0.25, 0.3) is 0 Å². The van der Waals surface area contributed by atoms with Gasteiger partial charge in [-0.25, -0.2) is 0 Å². The molecule has 0 aliphatic carbocycles. The highest BCUT2D eigenvalue weighted by molar-refractivity contribution is 5.35. The van der Waals surface area contributed by atoms with Crippen molar-refractivity contribution in [3.8, 4) is 5.75 Å². The number of methoxy groups -OCH3 is 1. The molecule has 0 saturated carbocycles. The van der Waals surface area contributed by atoms with Crippen molar-refractivity contribution in [2.45, 2.75) is 52.6 Å². The van der Waals surface area contributed by atoms with Crippen LogP contribution in [0.3, 0.4) is 0 Å². The van der Waals surface area contributed by atoms with Gasteiger partial charge in [0.1, 0.15) is 5.69 Å². The topological polar surface area (TPSA) is 39.1 Å². The maximum Gasteiger partial charge on any atom is 0.161 e. The van der Waals surface area contributed by atoms with E-state index in [1.165, 1.54) is 12.1 Å². The van der Waals surface area contributed by atoms with Crippen molar-refractivity contribution in [3.63, 3.8) is 0 Å². The van der Waals surface area contributed by atoms with Crippen LogP contribution >= 0.6 is 0 Å². The molecule has 1 saturated heterocycles. The summed E-state index contributed by atoms with van der Waals surface area (Å²) in [4.78, 5) is 0. The molecule has 2 heterocycles. The lowest BCUT2D eigenvalue weighted by Gasteiger charge is -2.42. The molecule has 1 aliphatic rings. The molecule has 2 rings (SSSR count). The smallest absolute Gasteiger partial charge is 0.161 e. The predicted molar refractivity (Wildman–Crippen MR) is 72.8 cm³/mol. The molecule has 0 bridgehead atoms. The van der Waals surface area contributed by atoms with Crippen molar-refractivity contribution in [2.75, 3.05) is 13.7 Å². The summed E-state index contributed by atoms with van der Waals surface area (Å²) in [6, 6.07) is 0. The van der Waals surface area contributed by atoms with Crippen LogP contribution in [0, 0.1) is 5.41 Å². The zero-order valence-corrected chi connectivity index (χ0v) is 12.2. The summed E-state index contributed by atoms with van der Waals surface area (Å²) in [5, 5.41) is 8.18. The Balaban J connectivity index is 2.59. The molecule has 1 atom stereocenters. The highest BCUT2D eigenvalue weighted by atomic mass is 16.5. The normalized spacial score (nSPS) is 24.5. The first kappa shape index (κ1) is 13.4. The number of hydrogen-bond acceptors (Lipinski definition) is 3. The maximum atomic E-state index is 5.54. The standard InChI is InChI=1S/C14H25N3O/c1-6-17-12(11(18-5)10-16-17)14(13(2,3)4)8-7-9-15-14/h10,15H,6-9H2,1-5H3. The predicted octanol–water partition coefficient (Wildman–Crippen LogP) is 2.54. The second-order valence-corrected chi connectivity index (χ2v) is 6.06. The molecule has 0 amide bonds. The molecule has 0 aromatic carbocycles. The Hall–Kier alpha value is -1.03. The quantitative estimate of drug-likeness (QED) is 0.897. The van der Waals surface area contributed by atoms with Crippen LogP contribution in [0.15, 0.2) is 6.20 Å². The van der Waals surface area contributed by atoms with Crippen LogP contribution < -0.4 is 10.1 Å². The maximum absolute atomic E-state index is 5.54. The number of nitrogens with zero attached hydrogens (tertiary/aromatic N) is 2. The summed E-state index contributed by atoms with van der Waals surface area (Å²) in [7, 11) is 1.73. The van der Waals surface area contributed by atoms with Gasteiger partial charge in [0.15, 0.2) is 5.75 Å². The average Bonchev–Trinajstić information content (AvgIpc) is 2.94. The van der Waals surface area contributed by atoms with E-state index < -0.39 is 0 Å². The molecule has 102 valence electrons. The van der Waals surface area contributed by atoms with Crippen LogP contribution in [0.5, 0.6) is 5.75 Å². The first-order valence-electron chi connectivity index (χ1n) is 6.81.